The number of nitrogens with zero attached hydrogens (tertiary/aromatic N) is 1. The summed E-state index contributed by atoms with van der Waals surface area (Å²) in [5.74, 6) is -1.55. The number of nitrogens with two attached hydrogens (primary N) is 3. The van der Waals surface area contributed by atoms with E-state index in [0.717, 1.165) is 0 Å². The predicted octanol–water partition coefficient (Wildman–Crippen LogP) is 1.97. The van der Waals surface area contributed by atoms with Crippen LogP contribution in [0, 0.1) is 0 Å². The Morgan fingerprint density at radius 1 is 1.19 bits per heavy atom. The molecule has 27 heavy (non-hydrogen) atoms. The summed E-state index contributed by atoms with van der Waals surface area (Å²) in [6.07, 6.45) is 0.379. The number of rotatable bonds is 7. The molecule has 0 fully saturated rings. The SMILES string of the molecule is CCC(CC(=O)O)c1cccc(S(=O)(=O)c2cccc(N=C(N)N)c2)c1N. The minimum Gasteiger partial charge on any atom is -0.481 e. The Bertz CT molecular complexity index is 983. The average molecular weight is 390 g/mol. The van der Waals surface area contributed by atoms with Crippen molar-refractivity contribution in [2.75, 3.05) is 5.73 Å². The Morgan fingerprint density at radius 2 is 1.85 bits per heavy atom. The van der Waals surface area contributed by atoms with Crippen molar-refractivity contribution in [1.82, 2.24) is 0 Å². The van der Waals surface area contributed by atoms with Gasteiger partial charge in [0.25, 0.3) is 0 Å². The number of guanidine groups is 1. The molecule has 0 aromatic heterocycles. The predicted molar refractivity (Wildman–Crippen MR) is 104 cm³/mol. The first-order valence-corrected chi connectivity index (χ1v) is 9.70. The molecule has 7 N–H and O–H groups in total. The summed E-state index contributed by atoms with van der Waals surface area (Å²) in [6, 6.07) is 10.5. The van der Waals surface area contributed by atoms with Gasteiger partial charge in [-0.3, -0.25) is 4.79 Å². The zero-order valence-corrected chi connectivity index (χ0v) is 15.6. The molecule has 0 spiro atoms. The number of carbonyl (C=O) groups is 1. The average Bonchev–Trinajstić information content (AvgIpc) is 2.59. The van der Waals surface area contributed by atoms with E-state index in [1.54, 1.807) is 18.2 Å². The Morgan fingerprint density at radius 3 is 2.44 bits per heavy atom. The number of carboxylic acids is 1. The van der Waals surface area contributed by atoms with Crippen molar-refractivity contribution in [3.8, 4) is 0 Å². The maximum absolute atomic E-state index is 13.1. The van der Waals surface area contributed by atoms with E-state index in [2.05, 4.69) is 4.99 Å². The van der Waals surface area contributed by atoms with Crippen molar-refractivity contribution in [3.63, 3.8) is 0 Å². The van der Waals surface area contributed by atoms with Gasteiger partial charge in [-0.2, -0.15) is 0 Å². The van der Waals surface area contributed by atoms with Gasteiger partial charge < -0.3 is 22.3 Å². The quantitative estimate of drug-likeness (QED) is 0.319. The molecule has 2 aromatic rings. The lowest BCUT2D eigenvalue weighted by Crippen LogP contribution is -2.21. The fourth-order valence-electron chi connectivity index (χ4n) is 2.83. The van der Waals surface area contributed by atoms with E-state index in [9.17, 15) is 13.2 Å². The number of nitrogen functional groups attached to an aromatic ring is 1. The molecule has 0 aliphatic carbocycles. The second kappa shape index (κ2) is 8.09. The van der Waals surface area contributed by atoms with Crippen LogP contribution in [0.3, 0.4) is 0 Å². The number of carboxylic acid groups (broad SMARTS) is 1. The second-order valence-corrected chi connectivity index (χ2v) is 7.92. The largest absolute Gasteiger partial charge is 0.481 e. The van der Waals surface area contributed by atoms with Crippen molar-refractivity contribution in [1.29, 1.82) is 0 Å². The normalized spacial score (nSPS) is 12.3. The molecule has 0 radical (unpaired) electrons. The van der Waals surface area contributed by atoms with Crippen molar-refractivity contribution < 1.29 is 18.3 Å². The summed E-state index contributed by atoms with van der Waals surface area (Å²) in [6.45, 7) is 1.83. The first-order chi connectivity index (χ1) is 12.7. The smallest absolute Gasteiger partial charge is 0.303 e. The summed E-state index contributed by atoms with van der Waals surface area (Å²) < 4.78 is 26.1. The molecule has 2 aromatic carbocycles. The Kier molecular flexibility index (Phi) is 6.06. The molecule has 1 unspecified atom stereocenters. The second-order valence-electron chi connectivity index (χ2n) is 6.00. The van der Waals surface area contributed by atoms with Gasteiger partial charge in [0.1, 0.15) is 0 Å². The van der Waals surface area contributed by atoms with E-state index in [4.69, 9.17) is 22.3 Å². The fraction of sp³-hybridized carbons (Fsp3) is 0.222. The molecule has 0 aliphatic rings. The van der Waals surface area contributed by atoms with Crippen LogP contribution in [0.4, 0.5) is 11.4 Å². The minimum absolute atomic E-state index is 0.0138. The number of hydrogen-bond donors (Lipinski definition) is 4. The van der Waals surface area contributed by atoms with E-state index in [1.807, 2.05) is 6.92 Å². The number of hydrogen-bond acceptors (Lipinski definition) is 5. The fourth-order valence-corrected chi connectivity index (χ4v) is 4.29. The van der Waals surface area contributed by atoms with Crippen molar-refractivity contribution >= 4 is 33.1 Å². The molecule has 144 valence electrons. The van der Waals surface area contributed by atoms with Gasteiger partial charge in [-0.05, 0) is 42.2 Å². The van der Waals surface area contributed by atoms with E-state index in [-0.39, 0.29) is 33.8 Å². The van der Waals surface area contributed by atoms with E-state index in [1.165, 1.54) is 24.3 Å². The van der Waals surface area contributed by atoms with Crippen LogP contribution in [0.1, 0.15) is 31.2 Å². The van der Waals surface area contributed by atoms with Gasteiger partial charge in [0, 0.05) is 0 Å². The van der Waals surface area contributed by atoms with Crippen molar-refractivity contribution in [3.05, 3.63) is 48.0 Å². The van der Waals surface area contributed by atoms with Crippen LogP contribution >= 0.6 is 0 Å². The van der Waals surface area contributed by atoms with E-state index < -0.39 is 15.8 Å². The topological polar surface area (TPSA) is 162 Å². The molecule has 0 amide bonds. The van der Waals surface area contributed by atoms with Gasteiger partial charge in [0.2, 0.25) is 9.84 Å². The molecule has 9 heteroatoms. The minimum atomic E-state index is -3.94. The standard InChI is InChI=1S/C18H22N4O4S/c1-2-11(9-16(23)24)14-7-4-8-15(17(14)19)27(25,26)13-6-3-5-12(10-13)22-18(20)21/h3-8,10-11H,2,9,19H2,1H3,(H,23,24)(H4,20,21,22). The van der Waals surface area contributed by atoms with Crippen molar-refractivity contribution in [2.45, 2.75) is 35.5 Å². The van der Waals surface area contributed by atoms with Gasteiger partial charge in [-0.25, -0.2) is 13.4 Å². The molecule has 2 rings (SSSR count). The van der Waals surface area contributed by atoms with Crippen LogP contribution < -0.4 is 17.2 Å². The molecule has 1 atom stereocenters. The summed E-state index contributed by atoms with van der Waals surface area (Å²) in [4.78, 5) is 14.9. The molecule has 0 saturated carbocycles. The van der Waals surface area contributed by atoms with Gasteiger partial charge in [0.15, 0.2) is 5.96 Å². The number of para-hydroxylation sites is 1. The highest BCUT2D eigenvalue weighted by molar-refractivity contribution is 7.91. The third kappa shape index (κ3) is 4.56. The highest BCUT2D eigenvalue weighted by atomic mass is 32.2. The van der Waals surface area contributed by atoms with Crippen molar-refractivity contribution in [2.24, 2.45) is 16.5 Å². The van der Waals surface area contributed by atoms with Crippen LogP contribution in [0.25, 0.3) is 0 Å². The molecule has 8 nitrogen and oxygen atoms in total. The number of aliphatic imine (C=N–C) groups is 1. The Hall–Kier alpha value is -3.07. The first kappa shape index (κ1) is 20.2. The monoisotopic (exact) mass is 390 g/mol. The van der Waals surface area contributed by atoms with Gasteiger partial charge in [-0.15, -0.1) is 0 Å². The molecule has 0 saturated heterocycles. The number of benzene rings is 2. The zero-order chi connectivity index (χ0) is 20.2. The summed E-state index contributed by atoms with van der Waals surface area (Å²) in [5.41, 5.74) is 17.7. The zero-order valence-electron chi connectivity index (χ0n) is 14.8. The van der Waals surface area contributed by atoms with E-state index in [0.29, 0.717) is 17.7 Å². The summed E-state index contributed by atoms with van der Waals surface area (Å²) in [5, 5.41) is 9.08. The van der Waals surface area contributed by atoms with Crippen LogP contribution in [0.2, 0.25) is 0 Å². The summed E-state index contributed by atoms with van der Waals surface area (Å²) in [7, 11) is -3.94. The highest BCUT2D eigenvalue weighted by Crippen LogP contribution is 2.35. The van der Waals surface area contributed by atoms with Crippen LogP contribution in [-0.2, 0) is 14.6 Å². The molecule has 0 heterocycles. The summed E-state index contributed by atoms with van der Waals surface area (Å²) >= 11 is 0. The maximum Gasteiger partial charge on any atom is 0.303 e. The van der Waals surface area contributed by atoms with Gasteiger partial charge in [-0.1, -0.05) is 25.1 Å². The van der Waals surface area contributed by atoms with Gasteiger partial charge in [0.05, 0.1) is 27.6 Å². The lowest BCUT2D eigenvalue weighted by molar-refractivity contribution is -0.137. The maximum atomic E-state index is 13.1. The lowest BCUT2D eigenvalue weighted by atomic mass is 9.92. The first-order valence-electron chi connectivity index (χ1n) is 8.21. The Balaban J connectivity index is 2.56. The molecular weight excluding hydrogens is 368 g/mol. The van der Waals surface area contributed by atoms with Crippen LogP contribution in [0.15, 0.2) is 57.2 Å². The molecule has 0 bridgehead atoms. The highest BCUT2D eigenvalue weighted by Gasteiger charge is 2.25. The Labute approximate surface area is 157 Å². The van der Waals surface area contributed by atoms with Gasteiger partial charge >= 0.3 is 5.97 Å². The molecule has 0 aliphatic heterocycles. The molecular formula is C18H22N4O4S. The number of anilines is 1. The number of sulfone groups is 1. The van der Waals surface area contributed by atoms with Crippen LogP contribution in [-0.4, -0.2) is 25.5 Å². The number of aliphatic carboxylic acids is 1. The van der Waals surface area contributed by atoms with E-state index >= 15 is 0 Å². The lowest BCUT2D eigenvalue weighted by Gasteiger charge is -2.18. The van der Waals surface area contributed by atoms with Crippen LogP contribution in [0.5, 0.6) is 0 Å². The third-order valence-electron chi connectivity index (χ3n) is 4.13. The third-order valence-corrected chi connectivity index (χ3v) is 5.94.